The van der Waals surface area contributed by atoms with E-state index in [1.54, 1.807) is 18.2 Å². The Labute approximate surface area is 148 Å². The summed E-state index contributed by atoms with van der Waals surface area (Å²) in [6.07, 6.45) is 0.854. The number of anilines is 1. The highest BCUT2D eigenvalue weighted by molar-refractivity contribution is 7.93. The van der Waals surface area contributed by atoms with Crippen molar-refractivity contribution in [3.8, 4) is 0 Å². The van der Waals surface area contributed by atoms with Gasteiger partial charge in [0.05, 0.1) is 37.8 Å². The summed E-state index contributed by atoms with van der Waals surface area (Å²) < 4.78 is 33.9. The molecule has 6 nitrogen and oxygen atoms in total. The lowest BCUT2D eigenvalue weighted by Gasteiger charge is -2.34. The molecule has 1 unspecified atom stereocenters. The Morgan fingerprint density at radius 2 is 2.04 bits per heavy atom. The number of sulfonamides is 1. The molecule has 25 heavy (non-hydrogen) atoms. The first-order valence-electron chi connectivity index (χ1n) is 8.70. The number of benzene rings is 1. The SMILES string of the molecule is Cc1ccc2c(c1)[C@H]1C[NH+](C)CC[C@@H]1N2S(=O)(=O)c1c(C)noc1C. The largest absolute Gasteiger partial charge is 0.360 e. The van der Waals surface area contributed by atoms with Gasteiger partial charge in [0.2, 0.25) is 0 Å². The molecule has 0 aliphatic carbocycles. The number of aromatic nitrogens is 1. The van der Waals surface area contributed by atoms with Crippen molar-refractivity contribution in [3.63, 3.8) is 0 Å². The summed E-state index contributed by atoms with van der Waals surface area (Å²) in [5.74, 6) is 0.590. The Bertz CT molecular complexity index is 916. The molecule has 0 saturated carbocycles. The zero-order valence-corrected chi connectivity index (χ0v) is 15.9. The fourth-order valence-corrected chi connectivity index (χ4v) is 6.45. The van der Waals surface area contributed by atoms with Crippen molar-refractivity contribution in [2.75, 3.05) is 24.4 Å². The molecule has 3 heterocycles. The summed E-state index contributed by atoms with van der Waals surface area (Å²) in [4.78, 5) is 1.66. The van der Waals surface area contributed by atoms with Gasteiger partial charge in [0, 0.05) is 6.42 Å². The van der Waals surface area contributed by atoms with Crippen molar-refractivity contribution in [1.82, 2.24) is 5.16 Å². The van der Waals surface area contributed by atoms with Gasteiger partial charge in [-0.25, -0.2) is 8.42 Å². The highest BCUT2D eigenvalue weighted by Gasteiger charge is 2.49. The van der Waals surface area contributed by atoms with E-state index >= 15 is 0 Å². The van der Waals surface area contributed by atoms with Crippen molar-refractivity contribution in [1.29, 1.82) is 0 Å². The monoisotopic (exact) mass is 362 g/mol. The predicted octanol–water partition coefficient (Wildman–Crippen LogP) is 1.18. The van der Waals surface area contributed by atoms with Gasteiger partial charge in [-0.2, -0.15) is 0 Å². The minimum Gasteiger partial charge on any atom is -0.360 e. The first-order valence-corrected chi connectivity index (χ1v) is 10.1. The van der Waals surface area contributed by atoms with E-state index < -0.39 is 10.0 Å². The number of fused-ring (bicyclic) bond motifs is 3. The lowest BCUT2D eigenvalue weighted by molar-refractivity contribution is -0.886. The van der Waals surface area contributed by atoms with Crippen LogP contribution in [0.3, 0.4) is 0 Å². The number of rotatable bonds is 2. The number of piperidine rings is 1. The average Bonchev–Trinajstić information content (AvgIpc) is 3.05. The number of nitrogens with zero attached hydrogens (tertiary/aromatic N) is 2. The van der Waals surface area contributed by atoms with E-state index in [4.69, 9.17) is 4.52 Å². The van der Waals surface area contributed by atoms with Crippen LogP contribution in [0.4, 0.5) is 5.69 Å². The van der Waals surface area contributed by atoms with Crippen LogP contribution in [0, 0.1) is 20.8 Å². The van der Waals surface area contributed by atoms with Gasteiger partial charge in [0.25, 0.3) is 10.0 Å². The zero-order chi connectivity index (χ0) is 17.9. The lowest BCUT2D eigenvalue weighted by atomic mass is 9.89. The molecule has 134 valence electrons. The molecule has 3 atom stereocenters. The highest BCUT2D eigenvalue weighted by atomic mass is 32.2. The fraction of sp³-hybridized carbons (Fsp3) is 0.500. The van der Waals surface area contributed by atoms with E-state index in [2.05, 4.69) is 25.2 Å². The number of quaternary nitrogens is 1. The molecular formula is C18H24N3O3S+. The summed E-state index contributed by atoms with van der Waals surface area (Å²) in [6.45, 7) is 7.33. The van der Waals surface area contributed by atoms with E-state index in [-0.39, 0.29) is 16.9 Å². The Morgan fingerprint density at radius 1 is 1.28 bits per heavy atom. The predicted molar refractivity (Wildman–Crippen MR) is 94.6 cm³/mol. The average molecular weight is 362 g/mol. The topological polar surface area (TPSA) is 67.8 Å². The van der Waals surface area contributed by atoms with Crippen LogP contribution in [0.15, 0.2) is 27.6 Å². The van der Waals surface area contributed by atoms with Crippen LogP contribution < -0.4 is 9.21 Å². The zero-order valence-electron chi connectivity index (χ0n) is 15.0. The number of hydrogen-bond acceptors (Lipinski definition) is 4. The third-order valence-corrected chi connectivity index (χ3v) is 7.59. The molecule has 1 fully saturated rings. The van der Waals surface area contributed by atoms with Crippen molar-refractivity contribution in [3.05, 3.63) is 40.8 Å². The molecule has 2 aliphatic rings. The Hall–Kier alpha value is -1.86. The molecule has 1 saturated heterocycles. The molecule has 0 radical (unpaired) electrons. The molecular weight excluding hydrogens is 338 g/mol. The minimum atomic E-state index is -3.70. The van der Waals surface area contributed by atoms with Crippen LogP contribution in [0.1, 0.15) is 34.9 Å². The molecule has 1 aromatic carbocycles. The normalized spacial score (nSPS) is 25.8. The van der Waals surface area contributed by atoms with E-state index in [1.165, 1.54) is 4.90 Å². The Kier molecular flexibility index (Phi) is 3.70. The molecule has 2 aromatic rings. The summed E-state index contributed by atoms with van der Waals surface area (Å²) >= 11 is 0. The summed E-state index contributed by atoms with van der Waals surface area (Å²) in [7, 11) is -1.53. The molecule has 1 N–H and O–H groups in total. The van der Waals surface area contributed by atoms with Gasteiger partial charge < -0.3 is 9.42 Å². The Balaban J connectivity index is 1.90. The molecule has 0 bridgehead atoms. The summed E-state index contributed by atoms with van der Waals surface area (Å²) in [5.41, 5.74) is 3.56. The van der Waals surface area contributed by atoms with Crippen molar-refractivity contribution in [2.45, 2.75) is 44.0 Å². The smallest absolute Gasteiger partial charge is 0.270 e. The third-order valence-electron chi connectivity index (χ3n) is 5.51. The Morgan fingerprint density at radius 3 is 2.72 bits per heavy atom. The molecule has 0 spiro atoms. The number of likely N-dealkylation sites (N-methyl/N-ethyl adjacent to an activating group) is 1. The first kappa shape index (κ1) is 16.6. The van der Waals surface area contributed by atoms with Crippen molar-refractivity contribution < 1.29 is 17.8 Å². The van der Waals surface area contributed by atoms with Gasteiger partial charge >= 0.3 is 0 Å². The summed E-state index contributed by atoms with van der Waals surface area (Å²) in [6, 6.07) is 6.06. The second kappa shape index (κ2) is 5.57. The highest BCUT2D eigenvalue weighted by Crippen LogP contribution is 2.46. The van der Waals surface area contributed by atoms with Crippen molar-refractivity contribution in [2.24, 2.45) is 0 Å². The number of nitrogens with one attached hydrogen (secondary N) is 1. The standard InChI is InChI=1S/C18H23N3O3S/c1-11-5-6-16-14(9-11)15-10-20(4)8-7-17(15)21(16)25(22,23)18-12(2)19-24-13(18)3/h5-6,9,15,17H,7-8,10H2,1-4H3/p+1/t15-,17+/m1/s1. The van der Waals surface area contributed by atoms with E-state index in [9.17, 15) is 8.42 Å². The number of aryl methyl sites for hydroxylation is 3. The van der Waals surface area contributed by atoms with Crippen LogP contribution in [0.25, 0.3) is 0 Å². The van der Waals surface area contributed by atoms with Crippen LogP contribution in [-0.4, -0.2) is 39.8 Å². The maximum atomic E-state index is 13.5. The maximum Gasteiger partial charge on any atom is 0.270 e. The van der Waals surface area contributed by atoms with Gasteiger partial charge in [-0.1, -0.05) is 22.9 Å². The number of likely N-dealkylation sites (tertiary alicyclic amines) is 1. The molecule has 1 aromatic heterocycles. The molecule has 0 amide bonds. The number of hydrogen-bond donors (Lipinski definition) is 1. The molecule has 4 rings (SSSR count). The van der Waals surface area contributed by atoms with Crippen molar-refractivity contribution >= 4 is 15.7 Å². The maximum absolute atomic E-state index is 13.5. The van der Waals surface area contributed by atoms with E-state index in [1.807, 2.05) is 12.1 Å². The summed E-state index contributed by atoms with van der Waals surface area (Å²) in [5, 5.41) is 3.86. The van der Waals surface area contributed by atoms with Crippen LogP contribution >= 0.6 is 0 Å². The van der Waals surface area contributed by atoms with Crippen LogP contribution in [-0.2, 0) is 10.0 Å². The first-order chi connectivity index (χ1) is 11.8. The van der Waals surface area contributed by atoms with Gasteiger partial charge in [-0.05, 0) is 32.4 Å². The van der Waals surface area contributed by atoms with Gasteiger partial charge in [0.15, 0.2) is 10.7 Å². The van der Waals surface area contributed by atoms with Gasteiger partial charge in [-0.3, -0.25) is 4.31 Å². The second-order valence-electron chi connectivity index (χ2n) is 7.39. The van der Waals surface area contributed by atoms with Gasteiger partial charge in [0.1, 0.15) is 5.69 Å². The van der Waals surface area contributed by atoms with Crippen LogP contribution in [0.2, 0.25) is 0 Å². The van der Waals surface area contributed by atoms with E-state index in [0.29, 0.717) is 11.5 Å². The van der Waals surface area contributed by atoms with E-state index in [0.717, 1.165) is 36.3 Å². The van der Waals surface area contributed by atoms with Crippen LogP contribution in [0.5, 0.6) is 0 Å². The lowest BCUT2D eigenvalue weighted by Crippen LogP contribution is -3.11. The fourth-order valence-electron chi connectivity index (χ4n) is 4.41. The molecule has 2 aliphatic heterocycles. The second-order valence-corrected chi connectivity index (χ2v) is 9.14. The quantitative estimate of drug-likeness (QED) is 0.871. The third kappa shape index (κ3) is 2.40. The molecule has 7 heteroatoms. The van der Waals surface area contributed by atoms with Gasteiger partial charge in [-0.15, -0.1) is 0 Å². The minimum absolute atomic E-state index is 0.0285.